The average Bonchev–Trinajstić information content (AvgIpc) is 3.05. The Hall–Kier alpha value is -2.66. The van der Waals surface area contributed by atoms with E-state index in [0.717, 1.165) is 27.9 Å². The molecule has 0 spiro atoms. The fraction of sp³-hybridized carbons (Fsp3) is 0.364. The normalized spacial score (nSPS) is 16.6. The van der Waals surface area contributed by atoms with Gasteiger partial charge in [0, 0.05) is 18.7 Å². The Labute approximate surface area is 159 Å². The molecular formula is C22H25NO4. The van der Waals surface area contributed by atoms with Crippen LogP contribution in [0.5, 0.6) is 0 Å². The highest BCUT2D eigenvalue weighted by molar-refractivity contribution is 6.00. The molecule has 27 heavy (non-hydrogen) atoms. The second-order valence-electron chi connectivity index (χ2n) is 6.92. The lowest BCUT2D eigenvalue weighted by molar-refractivity contribution is -0.145. The lowest BCUT2D eigenvalue weighted by atomic mass is 10.0. The minimum Gasteiger partial charge on any atom is -0.469 e. The monoisotopic (exact) mass is 367 g/mol. The van der Waals surface area contributed by atoms with Gasteiger partial charge in [-0.05, 0) is 36.1 Å². The maximum Gasteiger partial charge on any atom is 0.311 e. The summed E-state index contributed by atoms with van der Waals surface area (Å²) >= 11 is 0. The van der Waals surface area contributed by atoms with E-state index in [4.69, 9.17) is 9.47 Å². The van der Waals surface area contributed by atoms with E-state index >= 15 is 0 Å². The summed E-state index contributed by atoms with van der Waals surface area (Å²) in [6.07, 6.45) is 0.195. The number of methoxy groups -OCH3 is 1. The van der Waals surface area contributed by atoms with Crippen LogP contribution in [0.15, 0.2) is 42.5 Å². The molecule has 1 saturated heterocycles. The number of esters is 1. The molecule has 0 aliphatic carbocycles. The van der Waals surface area contributed by atoms with E-state index in [0.29, 0.717) is 19.8 Å². The molecule has 1 atom stereocenters. The predicted octanol–water partition coefficient (Wildman–Crippen LogP) is 3.55. The Morgan fingerprint density at radius 3 is 2.56 bits per heavy atom. The van der Waals surface area contributed by atoms with Crippen LogP contribution in [0.4, 0.5) is 5.69 Å². The third-order valence-electron chi connectivity index (χ3n) is 5.04. The van der Waals surface area contributed by atoms with Crippen molar-refractivity contribution in [1.29, 1.82) is 0 Å². The zero-order valence-electron chi connectivity index (χ0n) is 16.0. The third kappa shape index (κ3) is 4.19. The zero-order chi connectivity index (χ0) is 19.4. The van der Waals surface area contributed by atoms with E-state index in [-0.39, 0.29) is 18.3 Å². The number of nitrogens with zero attached hydrogens (tertiary/aromatic N) is 1. The molecule has 0 aromatic heterocycles. The van der Waals surface area contributed by atoms with Gasteiger partial charge in [-0.2, -0.15) is 0 Å². The second kappa shape index (κ2) is 8.35. The Morgan fingerprint density at radius 2 is 1.85 bits per heavy atom. The number of anilines is 1. The lowest BCUT2D eigenvalue weighted by Crippen LogP contribution is -2.28. The minimum absolute atomic E-state index is 0.0426. The summed E-state index contributed by atoms with van der Waals surface area (Å²) in [4.78, 5) is 26.1. The number of carbonyl (C=O) groups excluding carboxylic acids is 2. The third-order valence-corrected chi connectivity index (χ3v) is 5.04. The molecule has 142 valence electrons. The van der Waals surface area contributed by atoms with Gasteiger partial charge in [-0.1, -0.05) is 42.5 Å². The highest BCUT2D eigenvalue weighted by Gasteiger charge is 2.37. The van der Waals surface area contributed by atoms with Crippen LogP contribution in [0.1, 0.15) is 28.7 Å². The molecule has 0 bridgehead atoms. The van der Waals surface area contributed by atoms with Crippen LogP contribution in [0.2, 0.25) is 0 Å². The Bertz CT molecular complexity index is 832. The molecule has 2 aromatic rings. The number of amides is 1. The number of carbonyl (C=O) groups is 2. The molecule has 2 aromatic carbocycles. The quantitative estimate of drug-likeness (QED) is 0.733. The van der Waals surface area contributed by atoms with Crippen molar-refractivity contribution in [1.82, 2.24) is 0 Å². The molecular weight excluding hydrogens is 342 g/mol. The minimum atomic E-state index is -0.403. The second-order valence-corrected chi connectivity index (χ2v) is 6.92. The summed E-state index contributed by atoms with van der Waals surface area (Å²) in [5, 5.41) is 0. The fourth-order valence-corrected chi connectivity index (χ4v) is 3.55. The van der Waals surface area contributed by atoms with E-state index in [2.05, 4.69) is 0 Å². The Morgan fingerprint density at radius 1 is 1.11 bits per heavy atom. The summed E-state index contributed by atoms with van der Waals surface area (Å²) in [5.74, 6) is -0.776. The Kier molecular flexibility index (Phi) is 5.91. The summed E-state index contributed by atoms with van der Waals surface area (Å²) < 4.78 is 10.7. The maximum absolute atomic E-state index is 12.5. The van der Waals surface area contributed by atoms with Gasteiger partial charge < -0.3 is 14.4 Å². The van der Waals surface area contributed by atoms with Crippen molar-refractivity contribution in [3.63, 3.8) is 0 Å². The van der Waals surface area contributed by atoms with Crippen molar-refractivity contribution in [3.8, 4) is 0 Å². The highest BCUT2D eigenvalue weighted by Crippen LogP contribution is 2.33. The van der Waals surface area contributed by atoms with Crippen molar-refractivity contribution < 1.29 is 19.1 Å². The molecule has 1 heterocycles. The van der Waals surface area contributed by atoms with Crippen LogP contribution < -0.4 is 4.90 Å². The van der Waals surface area contributed by atoms with E-state index in [1.807, 2.05) is 56.3 Å². The van der Waals surface area contributed by atoms with Crippen LogP contribution in [0.25, 0.3) is 0 Å². The first-order valence-electron chi connectivity index (χ1n) is 9.10. The highest BCUT2D eigenvalue weighted by atomic mass is 16.5. The van der Waals surface area contributed by atoms with E-state index in [1.165, 1.54) is 7.11 Å². The van der Waals surface area contributed by atoms with Crippen LogP contribution in [0, 0.1) is 19.8 Å². The van der Waals surface area contributed by atoms with E-state index in [9.17, 15) is 9.59 Å². The number of hydrogen-bond donors (Lipinski definition) is 0. The van der Waals surface area contributed by atoms with Gasteiger partial charge in [0.2, 0.25) is 5.91 Å². The summed E-state index contributed by atoms with van der Waals surface area (Å²) in [5.41, 5.74) is 5.08. The summed E-state index contributed by atoms with van der Waals surface area (Å²) in [7, 11) is 1.36. The van der Waals surface area contributed by atoms with Crippen molar-refractivity contribution in [2.45, 2.75) is 33.5 Å². The zero-order valence-corrected chi connectivity index (χ0v) is 16.0. The first-order chi connectivity index (χ1) is 13.0. The molecule has 1 amide bonds. The van der Waals surface area contributed by atoms with Gasteiger partial charge in [0.25, 0.3) is 0 Å². The van der Waals surface area contributed by atoms with Crippen molar-refractivity contribution in [3.05, 3.63) is 64.7 Å². The largest absolute Gasteiger partial charge is 0.469 e. The van der Waals surface area contributed by atoms with Gasteiger partial charge in [-0.3, -0.25) is 9.59 Å². The van der Waals surface area contributed by atoms with E-state index in [1.54, 1.807) is 4.90 Å². The van der Waals surface area contributed by atoms with Crippen molar-refractivity contribution >= 4 is 17.6 Å². The molecule has 5 nitrogen and oxygen atoms in total. The fourth-order valence-electron chi connectivity index (χ4n) is 3.55. The van der Waals surface area contributed by atoms with Crippen LogP contribution >= 0.6 is 0 Å². The van der Waals surface area contributed by atoms with Crippen LogP contribution in [-0.2, 0) is 32.3 Å². The number of benzene rings is 2. The molecule has 1 aliphatic heterocycles. The molecule has 5 heteroatoms. The van der Waals surface area contributed by atoms with Gasteiger partial charge in [-0.15, -0.1) is 0 Å². The van der Waals surface area contributed by atoms with Gasteiger partial charge in [0.05, 0.1) is 26.2 Å². The van der Waals surface area contributed by atoms with Crippen LogP contribution in [-0.4, -0.2) is 25.5 Å². The van der Waals surface area contributed by atoms with E-state index < -0.39 is 5.92 Å². The number of rotatable bonds is 6. The number of hydrogen-bond acceptors (Lipinski definition) is 4. The standard InChI is InChI=1S/C22H25NO4/c1-15-9-10-18(14-27-13-17-7-5-4-6-8-17)16(2)21(15)23-12-19(11-20(23)24)22(25)26-3/h4-10,19H,11-14H2,1-3H3. The summed E-state index contributed by atoms with van der Waals surface area (Å²) in [6, 6.07) is 14.1. The Balaban J connectivity index is 1.75. The number of aryl methyl sites for hydroxylation is 1. The molecule has 0 radical (unpaired) electrons. The molecule has 1 fully saturated rings. The van der Waals surface area contributed by atoms with Crippen LogP contribution in [0.3, 0.4) is 0 Å². The average molecular weight is 367 g/mol. The van der Waals surface area contributed by atoms with Gasteiger partial charge in [0.1, 0.15) is 0 Å². The lowest BCUT2D eigenvalue weighted by Gasteiger charge is -2.23. The topological polar surface area (TPSA) is 55.8 Å². The molecule has 0 N–H and O–H groups in total. The predicted molar refractivity (Wildman–Crippen MR) is 103 cm³/mol. The molecule has 1 aliphatic rings. The van der Waals surface area contributed by atoms with Gasteiger partial charge >= 0.3 is 5.97 Å². The van der Waals surface area contributed by atoms with Crippen molar-refractivity contribution in [2.75, 3.05) is 18.6 Å². The number of ether oxygens (including phenoxy) is 2. The van der Waals surface area contributed by atoms with Crippen molar-refractivity contribution in [2.24, 2.45) is 5.92 Å². The first kappa shape index (κ1) is 19.1. The molecule has 0 saturated carbocycles. The molecule has 3 rings (SSSR count). The SMILES string of the molecule is COC(=O)C1CC(=O)N(c2c(C)ccc(COCc3ccccc3)c2C)C1. The maximum atomic E-state index is 12.5. The first-order valence-corrected chi connectivity index (χ1v) is 9.10. The smallest absolute Gasteiger partial charge is 0.311 e. The molecule has 1 unspecified atom stereocenters. The van der Waals surface area contributed by atoms with Gasteiger partial charge in [0.15, 0.2) is 0 Å². The summed E-state index contributed by atoms with van der Waals surface area (Å²) in [6.45, 7) is 5.35. The van der Waals surface area contributed by atoms with Gasteiger partial charge in [-0.25, -0.2) is 0 Å².